The van der Waals surface area contributed by atoms with Gasteiger partial charge in [0.1, 0.15) is 22.1 Å². The van der Waals surface area contributed by atoms with Gasteiger partial charge in [0.2, 0.25) is 5.78 Å². The lowest BCUT2D eigenvalue weighted by atomic mass is 9.75. The Labute approximate surface area is 137 Å². The quantitative estimate of drug-likeness (QED) is 0.813. The number of hydrogen-bond acceptors (Lipinski definition) is 6. The third-order valence-corrected chi connectivity index (χ3v) is 4.64. The monoisotopic (exact) mass is 337 g/mol. The molecule has 0 saturated heterocycles. The number of allylic oxidation sites excluding steroid dienone is 1. The minimum Gasteiger partial charge on any atom is -0.872 e. The maximum atomic E-state index is 13.0. The van der Waals surface area contributed by atoms with Crippen LogP contribution in [0.1, 0.15) is 23.7 Å². The van der Waals surface area contributed by atoms with Crippen LogP contribution in [0.2, 0.25) is 5.02 Å². The Hall–Kier alpha value is -2.21. The lowest BCUT2D eigenvalue weighted by Gasteiger charge is -2.40. The van der Waals surface area contributed by atoms with Crippen molar-refractivity contribution in [1.82, 2.24) is 0 Å². The number of benzene rings is 1. The first-order valence-electron chi connectivity index (χ1n) is 6.97. The number of Topliss-reactive ketones (excluding diaryl/α,β-unsaturated/α-hetero) is 1. The van der Waals surface area contributed by atoms with Crippen molar-refractivity contribution in [2.45, 2.75) is 18.9 Å². The third-order valence-electron chi connectivity index (χ3n) is 4.28. The van der Waals surface area contributed by atoms with Gasteiger partial charge in [-0.15, -0.1) is 0 Å². The van der Waals surface area contributed by atoms with Gasteiger partial charge in [0.25, 0.3) is 0 Å². The van der Waals surface area contributed by atoms with Crippen molar-refractivity contribution in [3.63, 3.8) is 0 Å². The van der Waals surface area contributed by atoms with Crippen LogP contribution < -0.4 is 19.3 Å². The third kappa shape index (κ3) is 1.94. The van der Waals surface area contributed by atoms with E-state index in [4.69, 9.17) is 25.8 Å². The largest absolute Gasteiger partial charge is 0.872 e. The van der Waals surface area contributed by atoms with Crippen LogP contribution >= 0.6 is 11.6 Å². The van der Waals surface area contributed by atoms with Gasteiger partial charge in [0, 0.05) is 18.4 Å². The molecule has 1 aliphatic carbocycles. The van der Waals surface area contributed by atoms with Crippen LogP contribution in [0.4, 0.5) is 0 Å². The highest BCUT2D eigenvalue weighted by molar-refractivity contribution is 6.35. The van der Waals surface area contributed by atoms with Crippen molar-refractivity contribution < 1.29 is 28.9 Å². The second-order valence-electron chi connectivity index (χ2n) is 5.55. The fourth-order valence-electron chi connectivity index (χ4n) is 3.09. The SMILES string of the molecule is COc1cc(OC)c2c(c1Cl)OC1(C2=O)C([O-])=CC(=O)CC1C. The second kappa shape index (κ2) is 5.16. The Morgan fingerprint density at radius 1 is 1.30 bits per heavy atom. The summed E-state index contributed by atoms with van der Waals surface area (Å²) in [6.07, 6.45) is 0.962. The van der Waals surface area contributed by atoms with E-state index in [9.17, 15) is 14.7 Å². The number of ketones is 2. The molecule has 1 aromatic carbocycles. The molecule has 0 fully saturated rings. The predicted molar refractivity (Wildman–Crippen MR) is 79.1 cm³/mol. The molecular weight excluding hydrogens is 324 g/mol. The van der Waals surface area contributed by atoms with Crippen LogP contribution in [0, 0.1) is 5.92 Å². The van der Waals surface area contributed by atoms with E-state index in [0.29, 0.717) is 0 Å². The number of rotatable bonds is 2. The maximum absolute atomic E-state index is 13.0. The molecule has 23 heavy (non-hydrogen) atoms. The van der Waals surface area contributed by atoms with E-state index >= 15 is 0 Å². The zero-order valence-corrected chi connectivity index (χ0v) is 13.5. The van der Waals surface area contributed by atoms with E-state index in [0.717, 1.165) is 6.08 Å². The van der Waals surface area contributed by atoms with Crippen LogP contribution in [-0.4, -0.2) is 31.4 Å². The average Bonchev–Trinajstić information content (AvgIpc) is 2.82. The summed E-state index contributed by atoms with van der Waals surface area (Å²) < 4.78 is 16.1. The van der Waals surface area contributed by atoms with Crippen LogP contribution in [0.25, 0.3) is 0 Å². The van der Waals surface area contributed by atoms with E-state index in [1.54, 1.807) is 6.92 Å². The number of ether oxygens (including phenoxy) is 3. The normalized spacial score (nSPS) is 25.9. The summed E-state index contributed by atoms with van der Waals surface area (Å²) >= 11 is 6.23. The van der Waals surface area contributed by atoms with Gasteiger partial charge >= 0.3 is 0 Å². The molecule has 7 heteroatoms. The molecule has 1 heterocycles. The Kier molecular flexibility index (Phi) is 3.52. The molecule has 3 rings (SSSR count). The van der Waals surface area contributed by atoms with Crippen molar-refractivity contribution in [3.05, 3.63) is 28.5 Å². The Bertz CT molecular complexity index is 753. The lowest BCUT2D eigenvalue weighted by Crippen LogP contribution is -2.54. The van der Waals surface area contributed by atoms with Crippen molar-refractivity contribution in [1.29, 1.82) is 0 Å². The molecule has 0 saturated carbocycles. The molecule has 1 spiro atoms. The number of methoxy groups -OCH3 is 2. The number of fused-ring (bicyclic) bond motifs is 1. The zero-order chi connectivity index (χ0) is 16.9. The van der Waals surface area contributed by atoms with E-state index in [1.165, 1.54) is 20.3 Å². The fourth-order valence-corrected chi connectivity index (χ4v) is 3.35. The van der Waals surface area contributed by atoms with Crippen molar-refractivity contribution >= 4 is 23.2 Å². The van der Waals surface area contributed by atoms with Crippen molar-refractivity contribution in [2.75, 3.05) is 14.2 Å². The first-order chi connectivity index (χ1) is 10.9. The zero-order valence-electron chi connectivity index (χ0n) is 12.8. The van der Waals surface area contributed by atoms with Gasteiger partial charge < -0.3 is 19.3 Å². The molecule has 0 bridgehead atoms. The summed E-state index contributed by atoms with van der Waals surface area (Å²) in [6.45, 7) is 1.63. The molecule has 1 aliphatic heterocycles. The summed E-state index contributed by atoms with van der Waals surface area (Å²) in [6, 6.07) is 1.47. The standard InChI is InChI=1S/C16H15ClO6/c1-7-4-8(18)5-11(19)16(7)15(20)12-9(21-2)6-10(22-3)13(17)14(12)23-16/h5-7,19H,4H2,1-3H3/p-1. The maximum Gasteiger partial charge on any atom is 0.217 e. The summed E-state index contributed by atoms with van der Waals surface area (Å²) in [5.41, 5.74) is -1.67. The molecular formula is C16H14ClO6-. The highest BCUT2D eigenvalue weighted by Crippen LogP contribution is 2.53. The van der Waals surface area contributed by atoms with E-state index in [1.807, 2.05) is 0 Å². The molecule has 122 valence electrons. The Morgan fingerprint density at radius 2 is 1.96 bits per heavy atom. The van der Waals surface area contributed by atoms with Crippen molar-refractivity contribution in [2.24, 2.45) is 5.92 Å². The smallest absolute Gasteiger partial charge is 0.217 e. The van der Waals surface area contributed by atoms with Crippen LogP contribution in [-0.2, 0) is 4.79 Å². The Balaban J connectivity index is 2.25. The van der Waals surface area contributed by atoms with Gasteiger partial charge in [-0.2, -0.15) is 0 Å². The minimum atomic E-state index is -1.76. The van der Waals surface area contributed by atoms with Gasteiger partial charge in [-0.25, -0.2) is 0 Å². The summed E-state index contributed by atoms with van der Waals surface area (Å²) in [7, 11) is 2.81. The van der Waals surface area contributed by atoms with Gasteiger partial charge in [0.15, 0.2) is 17.1 Å². The molecule has 2 atom stereocenters. The topological polar surface area (TPSA) is 84.9 Å². The number of halogens is 1. The summed E-state index contributed by atoms with van der Waals surface area (Å²) in [5.74, 6) is -1.62. The van der Waals surface area contributed by atoms with Crippen LogP contribution in [0.5, 0.6) is 17.2 Å². The molecule has 2 unspecified atom stereocenters. The second-order valence-corrected chi connectivity index (χ2v) is 5.92. The lowest BCUT2D eigenvalue weighted by molar-refractivity contribution is -0.328. The molecule has 0 radical (unpaired) electrons. The molecule has 6 nitrogen and oxygen atoms in total. The van der Waals surface area contributed by atoms with E-state index < -0.39 is 23.1 Å². The Morgan fingerprint density at radius 3 is 2.52 bits per heavy atom. The predicted octanol–water partition coefficient (Wildman–Crippen LogP) is 1.52. The van der Waals surface area contributed by atoms with Gasteiger partial charge in [0.05, 0.1) is 14.2 Å². The number of hydrogen-bond donors (Lipinski definition) is 0. The fraction of sp³-hybridized carbons (Fsp3) is 0.375. The summed E-state index contributed by atoms with van der Waals surface area (Å²) in [5, 5.41) is 12.5. The van der Waals surface area contributed by atoms with Gasteiger partial charge in [-0.05, 0) is 6.08 Å². The molecule has 2 aliphatic rings. The van der Waals surface area contributed by atoms with Crippen LogP contribution in [0.15, 0.2) is 17.9 Å². The number of carbonyl (C=O) groups excluding carboxylic acids is 2. The van der Waals surface area contributed by atoms with E-state index in [2.05, 4.69) is 0 Å². The molecule has 0 aromatic heterocycles. The minimum absolute atomic E-state index is 0.0442. The molecule has 1 aromatic rings. The van der Waals surface area contributed by atoms with Crippen molar-refractivity contribution in [3.8, 4) is 17.2 Å². The highest BCUT2D eigenvalue weighted by Gasteiger charge is 2.55. The first-order valence-corrected chi connectivity index (χ1v) is 7.34. The van der Waals surface area contributed by atoms with Gasteiger partial charge in [-0.3, -0.25) is 9.59 Å². The summed E-state index contributed by atoms with van der Waals surface area (Å²) in [4.78, 5) is 24.6. The van der Waals surface area contributed by atoms with Crippen LogP contribution in [0.3, 0.4) is 0 Å². The molecule has 0 amide bonds. The highest BCUT2D eigenvalue weighted by atomic mass is 35.5. The van der Waals surface area contributed by atoms with Gasteiger partial charge in [-0.1, -0.05) is 24.3 Å². The number of carbonyl (C=O) groups is 2. The van der Waals surface area contributed by atoms with E-state index in [-0.39, 0.29) is 40.0 Å². The molecule has 0 N–H and O–H groups in total. The first kappa shape index (κ1) is 15.7. The average molecular weight is 338 g/mol.